The topological polar surface area (TPSA) is 104 Å². The first-order valence-electron chi connectivity index (χ1n) is 6.30. The van der Waals surface area contributed by atoms with Gasteiger partial charge in [-0.15, -0.1) is 25.5 Å². The van der Waals surface area contributed by atoms with Gasteiger partial charge < -0.3 is 10.1 Å². The molecule has 3 aromatic heterocycles. The third-order valence-electron chi connectivity index (χ3n) is 3.11. The number of aromatic nitrogens is 5. The number of hydrogen-bond donors (Lipinski definition) is 2. The first-order chi connectivity index (χ1) is 10.7. The standard InChI is InChI=1S/C13H8BrN7O/c14-7-1-2-9-8(5-7)12(13(22)16-9)19-17-10-3-4-11-18-15-6-21(11)20-10/h1-6,16,22H. The molecule has 1 aromatic carbocycles. The van der Waals surface area contributed by atoms with Crippen LogP contribution >= 0.6 is 15.9 Å². The molecule has 4 aromatic rings. The molecule has 22 heavy (non-hydrogen) atoms. The summed E-state index contributed by atoms with van der Waals surface area (Å²) < 4.78 is 2.39. The first kappa shape index (κ1) is 12.9. The molecule has 0 aliphatic carbocycles. The fraction of sp³-hybridized carbons (Fsp3) is 0. The molecule has 0 fully saturated rings. The Morgan fingerprint density at radius 2 is 2.09 bits per heavy atom. The molecule has 0 saturated heterocycles. The lowest BCUT2D eigenvalue weighted by Crippen LogP contribution is -1.88. The molecule has 0 bridgehead atoms. The molecule has 0 radical (unpaired) electrons. The zero-order valence-electron chi connectivity index (χ0n) is 11.0. The Bertz CT molecular complexity index is 1020. The van der Waals surface area contributed by atoms with Crippen molar-refractivity contribution in [1.82, 2.24) is 24.8 Å². The molecule has 0 atom stereocenters. The van der Waals surface area contributed by atoms with Crippen LogP contribution < -0.4 is 0 Å². The van der Waals surface area contributed by atoms with Gasteiger partial charge in [-0.2, -0.15) is 4.52 Å². The minimum absolute atomic E-state index is 0.0396. The molecule has 0 amide bonds. The van der Waals surface area contributed by atoms with Gasteiger partial charge in [-0.3, -0.25) is 0 Å². The summed E-state index contributed by atoms with van der Waals surface area (Å²) in [6.07, 6.45) is 1.48. The van der Waals surface area contributed by atoms with Crippen molar-refractivity contribution in [2.24, 2.45) is 10.2 Å². The number of benzene rings is 1. The second-order valence-corrected chi connectivity index (χ2v) is 5.45. The van der Waals surface area contributed by atoms with Crippen LogP contribution in [0.5, 0.6) is 5.88 Å². The summed E-state index contributed by atoms with van der Waals surface area (Å²) in [5.41, 5.74) is 1.76. The highest BCUT2D eigenvalue weighted by molar-refractivity contribution is 9.10. The number of halogens is 1. The molecule has 0 saturated carbocycles. The number of hydrogen-bond acceptors (Lipinski definition) is 6. The molecular weight excluding hydrogens is 350 g/mol. The van der Waals surface area contributed by atoms with Gasteiger partial charge in [-0.1, -0.05) is 15.9 Å². The molecule has 0 spiro atoms. The highest BCUT2D eigenvalue weighted by atomic mass is 79.9. The lowest BCUT2D eigenvalue weighted by Gasteiger charge is -1.94. The van der Waals surface area contributed by atoms with E-state index in [1.54, 1.807) is 12.1 Å². The van der Waals surface area contributed by atoms with E-state index in [4.69, 9.17) is 0 Å². The van der Waals surface area contributed by atoms with Crippen LogP contribution in [0.2, 0.25) is 0 Å². The average molecular weight is 358 g/mol. The quantitative estimate of drug-likeness (QED) is 0.535. The summed E-state index contributed by atoms with van der Waals surface area (Å²) in [5.74, 6) is 0.346. The van der Waals surface area contributed by atoms with E-state index >= 15 is 0 Å². The summed E-state index contributed by atoms with van der Waals surface area (Å²) in [7, 11) is 0. The minimum Gasteiger partial charge on any atom is -0.493 e. The fourth-order valence-corrected chi connectivity index (χ4v) is 2.47. The van der Waals surface area contributed by atoms with Crippen LogP contribution in [-0.2, 0) is 0 Å². The van der Waals surface area contributed by atoms with E-state index < -0.39 is 0 Å². The van der Waals surface area contributed by atoms with Gasteiger partial charge in [0, 0.05) is 9.86 Å². The van der Waals surface area contributed by atoms with Gasteiger partial charge in [0.25, 0.3) is 0 Å². The third kappa shape index (κ3) is 2.11. The second kappa shape index (κ2) is 4.88. The zero-order valence-corrected chi connectivity index (χ0v) is 12.6. The van der Waals surface area contributed by atoms with Gasteiger partial charge in [-0.25, -0.2) is 0 Å². The SMILES string of the molecule is Oc1[nH]c2ccc(Br)cc2c1N=Nc1ccc2nncn2n1. The molecule has 0 aliphatic heterocycles. The van der Waals surface area contributed by atoms with Crippen molar-refractivity contribution in [3.8, 4) is 5.88 Å². The maximum Gasteiger partial charge on any atom is 0.218 e. The molecule has 0 unspecified atom stereocenters. The predicted octanol–water partition coefficient (Wildman–Crippen LogP) is 3.49. The number of H-pyrrole nitrogens is 1. The number of nitrogens with zero attached hydrogens (tertiary/aromatic N) is 6. The molecule has 108 valence electrons. The molecule has 4 rings (SSSR count). The number of aromatic amines is 1. The fourth-order valence-electron chi connectivity index (χ4n) is 2.11. The molecule has 8 nitrogen and oxygen atoms in total. The van der Waals surface area contributed by atoms with Gasteiger partial charge in [0.05, 0.1) is 5.52 Å². The van der Waals surface area contributed by atoms with Crippen molar-refractivity contribution in [1.29, 1.82) is 0 Å². The van der Waals surface area contributed by atoms with E-state index in [9.17, 15) is 5.11 Å². The van der Waals surface area contributed by atoms with Crippen molar-refractivity contribution in [2.75, 3.05) is 0 Å². The molecular formula is C13H8BrN7O. The van der Waals surface area contributed by atoms with Crippen LogP contribution in [-0.4, -0.2) is 29.9 Å². The average Bonchev–Trinajstić information content (AvgIpc) is 3.08. The lowest BCUT2D eigenvalue weighted by atomic mass is 10.2. The number of aromatic hydroxyl groups is 1. The van der Waals surface area contributed by atoms with Crippen LogP contribution in [0.3, 0.4) is 0 Å². The van der Waals surface area contributed by atoms with Crippen LogP contribution in [0.25, 0.3) is 16.6 Å². The third-order valence-corrected chi connectivity index (χ3v) is 3.61. The predicted molar refractivity (Wildman–Crippen MR) is 82.6 cm³/mol. The number of rotatable bonds is 2. The summed E-state index contributed by atoms with van der Waals surface area (Å²) in [6, 6.07) is 8.99. The van der Waals surface area contributed by atoms with Crippen LogP contribution in [0.15, 0.2) is 51.4 Å². The lowest BCUT2D eigenvalue weighted by molar-refractivity contribution is 0.459. The Hall–Kier alpha value is -2.81. The van der Waals surface area contributed by atoms with Gasteiger partial charge in [-0.05, 0) is 30.3 Å². The van der Waals surface area contributed by atoms with Crippen molar-refractivity contribution in [3.63, 3.8) is 0 Å². The van der Waals surface area contributed by atoms with E-state index in [-0.39, 0.29) is 5.88 Å². The minimum atomic E-state index is -0.0396. The van der Waals surface area contributed by atoms with E-state index in [1.807, 2.05) is 18.2 Å². The van der Waals surface area contributed by atoms with Crippen LogP contribution in [0.1, 0.15) is 0 Å². The largest absolute Gasteiger partial charge is 0.493 e. The number of nitrogens with one attached hydrogen (secondary N) is 1. The zero-order chi connectivity index (χ0) is 15.1. The summed E-state index contributed by atoms with van der Waals surface area (Å²) in [4.78, 5) is 2.85. The van der Waals surface area contributed by atoms with Crippen molar-refractivity contribution in [3.05, 3.63) is 41.1 Å². The van der Waals surface area contributed by atoms with Gasteiger partial charge in [0.15, 0.2) is 17.2 Å². The Kier molecular flexibility index (Phi) is 2.86. The van der Waals surface area contributed by atoms with E-state index in [1.165, 1.54) is 10.8 Å². The maximum atomic E-state index is 9.97. The maximum absolute atomic E-state index is 9.97. The monoisotopic (exact) mass is 357 g/mol. The van der Waals surface area contributed by atoms with E-state index in [2.05, 4.69) is 46.4 Å². The normalized spacial score (nSPS) is 11.9. The highest BCUT2D eigenvalue weighted by Gasteiger charge is 2.10. The Balaban J connectivity index is 1.78. The van der Waals surface area contributed by atoms with Crippen LogP contribution in [0.4, 0.5) is 11.5 Å². The molecule has 0 aliphatic rings. The molecule has 2 N–H and O–H groups in total. The van der Waals surface area contributed by atoms with Crippen molar-refractivity contribution >= 4 is 44.0 Å². The number of fused-ring (bicyclic) bond motifs is 2. The van der Waals surface area contributed by atoms with E-state index in [0.717, 1.165) is 15.4 Å². The molecule has 9 heteroatoms. The van der Waals surface area contributed by atoms with Gasteiger partial charge in [0.1, 0.15) is 6.33 Å². The van der Waals surface area contributed by atoms with Gasteiger partial charge in [0.2, 0.25) is 5.88 Å². The van der Waals surface area contributed by atoms with Crippen molar-refractivity contribution in [2.45, 2.75) is 0 Å². The number of azo groups is 1. The highest BCUT2D eigenvalue weighted by Crippen LogP contribution is 2.37. The summed E-state index contributed by atoms with van der Waals surface area (Å²) in [6.45, 7) is 0. The van der Waals surface area contributed by atoms with E-state index in [0.29, 0.717) is 17.2 Å². The summed E-state index contributed by atoms with van der Waals surface area (Å²) in [5, 5.41) is 30.7. The Morgan fingerprint density at radius 3 is 3.00 bits per heavy atom. The van der Waals surface area contributed by atoms with Crippen molar-refractivity contribution < 1.29 is 5.11 Å². The summed E-state index contributed by atoms with van der Waals surface area (Å²) >= 11 is 3.40. The molecule has 3 heterocycles. The van der Waals surface area contributed by atoms with Crippen LogP contribution in [0, 0.1) is 0 Å². The Morgan fingerprint density at radius 1 is 1.18 bits per heavy atom. The van der Waals surface area contributed by atoms with Gasteiger partial charge >= 0.3 is 0 Å². The smallest absolute Gasteiger partial charge is 0.218 e. The Labute approximate surface area is 131 Å². The first-order valence-corrected chi connectivity index (χ1v) is 7.09. The second-order valence-electron chi connectivity index (χ2n) is 4.54.